The van der Waals surface area contributed by atoms with E-state index in [0.29, 0.717) is 13.0 Å². The summed E-state index contributed by atoms with van der Waals surface area (Å²) >= 11 is 0. The number of hydrogen-bond donors (Lipinski definition) is 3. The topological polar surface area (TPSA) is 92.4 Å². The lowest BCUT2D eigenvalue weighted by atomic mass is 9.80. The van der Waals surface area contributed by atoms with Crippen LogP contribution in [0.3, 0.4) is 0 Å². The fraction of sp³-hybridized carbons (Fsp3) is 0.857. The van der Waals surface area contributed by atoms with Gasteiger partial charge in [0.1, 0.15) is 0 Å². The number of carboxylic acid groups (broad SMARTS) is 1. The molecule has 2 unspecified atom stereocenters. The molecule has 0 saturated carbocycles. The molecule has 0 bridgehead atoms. The molecular formula is C14H29ClN2O3. The highest BCUT2D eigenvalue weighted by atomic mass is 35.5. The van der Waals surface area contributed by atoms with Crippen LogP contribution in [0, 0.1) is 17.8 Å². The highest BCUT2D eigenvalue weighted by Gasteiger charge is 2.30. The molecule has 1 amide bonds. The third-order valence-electron chi connectivity index (χ3n) is 3.55. The fourth-order valence-electron chi connectivity index (χ4n) is 2.55. The Labute approximate surface area is 128 Å². The van der Waals surface area contributed by atoms with E-state index in [1.54, 1.807) is 0 Å². The van der Waals surface area contributed by atoms with Crippen LogP contribution in [0.2, 0.25) is 0 Å². The van der Waals surface area contributed by atoms with Gasteiger partial charge in [0.2, 0.25) is 5.91 Å². The van der Waals surface area contributed by atoms with E-state index in [2.05, 4.69) is 5.32 Å². The number of halogens is 1. The van der Waals surface area contributed by atoms with Crippen LogP contribution in [0.1, 0.15) is 47.0 Å². The highest BCUT2D eigenvalue weighted by molar-refractivity contribution is 5.85. The Kier molecular flexibility index (Phi) is 11.7. The maximum absolute atomic E-state index is 11.4. The van der Waals surface area contributed by atoms with Gasteiger partial charge in [-0.15, -0.1) is 12.4 Å². The van der Waals surface area contributed by atoms with E-state index in [1.807, 2.05) is 27.7 Å². The Morgan fingerprint density at radius 1 is 1.25 bits per heavy atom. The summed E-state index contributed by atoms with van der Waals surface area (Å²) in [4.78, 5) is 22.6. The van der Waals surface area contributed by atoms with Crippen LogP contribution in [-0.2, 0) is 9.59 Å². The van der Waals surface area contributed by atoms with Gasteiger partial charge in [0.05, 0.1) is 12.0 Å². The summed E-state index contributed by atoms with van der Waals surface area (Å²) in [5.41, 5.74) is 5.29. The standard InChI is InChI=1S/C14H28N2O3.ClH/c1-5-7-10(12(9(3)4)14(18)19)8-16-11(6-2)13(15)17;/h9-12,16H,5-8H2,1-4H3,(H2,15,17)(H,18,19);1H/t10?,11-,12?;/m0./s1. The number of aliphatic carboxylic acids is 1. The van der Waals surface area contributed by atoms with Gasteiger partial charge in [0, 0.05) is 0 Å². The van der Waals surface area contributed by atoms with Crippen molar-refractivity contribution < 1.29 is 14.7 Å². The Balaban J connectivity index is 0. The van der Waals surface area contributed by atoms with Crippen LogP contribution in [0.4, 0.5) is 0 Å². The normalized spacial score (nSPS) is 15.2. The third-order valence-corrected chi connectivity index (χ3v) is 3.55. The zero-order valence-electron chi connectivity index (χ0n) is 12.9. The molecule has 0 saturated heterocycles. The second-order valence-electron chi connectivity index (χ2n) is 5.43. The molecule has 0 spiro atoms. The van der Waals surface area contributed by atoms with Crippen LogP contribution in [-0.4, -0.2) is 29.6 Å². The monoisotopic (exact) mass is 308 g/mol. The molecule has 5 nitrogen and oxygen atoms in total. The summed E-state index contributed by atoms with van der Waals surface area (Å²) in [6.45, 7) is 8.29. The first-order valence-corrected chi connectivity index (χ1v) is 7.10. The number of nitrogens with one attached hydrogen (secondary N) is 1. The van der Waals surface area contributed by atoms with Crippen molar-refractivity contribution in [3.8, 4) is 0 Å². The molecule has 0 aliphatic rings. The van der Waals surface area contributed by atoms with Gasteiger partial charge in [-0.1, -0.05) is 34.1 Å². The van der Waals surface area contributed by atoms with Crippen LogP contribution in [0.15, 0.2) is 0 Å². The smallest absolute Gasteiger partial charge is 0.307 e. The van der Waals surface area contributed by atoms with Gasteiger partial charge < -0.3 is 16.2 Å². The van der Waals surface area contributed by atoms with E-state index in [4.69, 9.17) is 5.73 Å². The first kappa shape index (κ1) is 21.5. The molecule has 6 heteroatoms. The molecule has 4 N–H and O–H groups in total. The third kappa shape index (κ3) is 7.10. The van der Waals surface area contributed by atoms with Crippen LogP contribution >= 0.6 is 12.4 Å². The van der Waals surface area contributed by atoms with Gasteiger partial charge in [0.25, 0.3) is 0 Å². The molecule has 0 aromatic rings. The average molecular weight is 309 g/mol. The fourth-order valence-corrected chi connectivity index (χ4v) is 2.55. The quantitative estimate of drug-likeness (QED) is 0.576. The summed E-state index contributed by atoms with van der Waals surface area (Å²) < 4.78 is 0. The van der Waals surface area contributed by atoms with Gasteiger partial charge in [0.15, 0.2) is 0 Å². The van der Waals surface area contributed by atoms with E-state index >= 15 is 0 Å². The molecule has 0 aliphatic carbocycles. The van der Waals surface area contributed by atoms with Crippen molar-refractivity contribution >= 4 is 24.3 Å². The second-order valence-corrected chi connectivity index (χ2v) is 5.43. The molecular weight excluding hydrogens is 280 g/mol. The van der Waals surface area contributed by atoms with Crippen molar-refractivity contribution in [3.63, 3.8) is 0 Å². The Morgan fingerprint density at radius 2 is 1.80 bits per heavy atom. The van der Waals surface area contributed by atoms with Gasteiger partial charge in [-0.3, -0.25) is 9.59 Å². The number of hydrogen-bond acceptors (Lipinski definition) is 3. The Morgan fingerprint density at radius 3 is 2.10 bits per heavy atom. The van der Waals surface area contributed by atoms with Crippen LogP contribution < -0.4 is 11.1 Å². The van der Waals surface area contributed by atoms with Crippen molar-refractivity contribution in [1.82, 2.24) is 5.32 Å². The predicted octanol–water partition coefficient (Wildman–Crippen LogP) is 2.03. The molecule has 0 fully saturated rings. The summed E-state index contributed by atoms with van der Waals surface area (Å²) in [6, 6.07) is -0.374. The first-order valence-electron chi connectivity index (χ1n) is 7.10. The zero-order valence-corrected chi connectivity index (χ0v) is 13.7. The number of carboxylic acids is 1. The number of rotatable bonds is 10. The number of primary amides is 1. The maximum atomic E-state index is 11.4. The number of carbonyl (C=O) groups excluding carboxylic acids is 1. The van der Waals surface area contributed by atoms with Crippen LogP contribution in [0.5, 0.6) is 0 Å². The van der Waals surface area contributed by atoms with E-state index in [-0.39, 0.29) is 36.2 Å². The van der Waals surface area contributed by atoms with E-state index < -0.39 is 11.9 Å². The number of carbonyl (C=O) groups is 2. The molecule has 3 atom stereocenters. The number of amides is 1. The molecule has 0 aromatic carbocycles. The second kappa shape index (κ2) is 10.9. The molecule has 20 heavy (non-hydrogen) atoms. The minimum Gasteiger partial charge on any atom is -0.481 e. The minimum absolute atomic E-state index is 0. The number of nitrogens with two attached hydrogens (primary N) is 1. The van der Waals surface area contributed by atoms with Crippen molar-refractivity contribution in [2.24, 2.45) is 23.5 Å². The molecule has 0 radical (unpaired) electrons. The maximum Gasteiger partial charge on any atom is 0.307 e. The average Bonchev–Trinajstić information content (AvgIpc) is 2.28. The SMILES string of the molecule is CCCC(CN[C@@H](CC)C(N)=O)C(C(=O)O)C(C)C.Cl. The molecule has 120 valence electrons. The first-order chi connectivity index (χ1) is 8.84. The van der Waals surface area contributed by atoms with Crippen molar-refractivity contribution in [2.45, 2.75) is 53.0 Å². The molecule has 0 heterocycles. The zero-order chi connectivity index (χ0) is 15.0. The summed E-state index contributed by atoms with van der Waals surface area (Å²) in [5.74, 6) is -1.44. The molecule has 0 aromatic heterocycles. The minimum atomic E-state index is -0.762. The van der Waals surface area contributed by atoms with Crippen molar-refractivity contribution in [1.29, 1.82) is 0 Å². The van der Waals surface area contributed by atoms with Crippen LogP contribution in [0.25, 0.3) is 0 Å². The largest absolute Gasteiger partial charge is 0.481 e. The van der Waals surface area contributed by atoms with Crippen molar-refractivity contribution in [2.75, 3.05) is 6.54 Å². The lowest BCUT2D eigenvalue weighted by Gasteiger charge is -2.28. The summed E-state index contributed by atoms with van der Waals surface area (Å²) in [7, 11) is 0. The highest BCUT2D eigenvalue weighted by Crippen LogP contribution is 2.25. The van der Waals surface area contributed by atoms with E-state index in [1.165, 1.54) is 0 Å². The summed E-state index contributed by atoms with van der Waals surface area (Å²) in [5, 5.41) is 12.5. The van der Waals surface area contributed by atoms with E-state index in [0.717, 1.165) is 12.8 Å². The lowest BCUT2D eigenvalue weighted by Crippen LogP contribution is -2.45. The van der Waals surface area contributed by atoms with Gasteiger partial charge in [-0.05, 0) is 31.2 Å². The molecule has 0 aliphatic heterocycles. The van der Waals surface area contributed by atoms with Gasteiger partial charge >= 0.3 is 5.97 Å². The Bertz CT molecular complexity index is 298. The van der Waals surface area contributed by atoms with Crippen molar-refractivity contribution in [3.05, 3.63) is 0 Å². The van der Waals surface area contributed by atoms with Gasteiger partial charge in [-0.2, -0.15) is 0 Å². The Hall–Kier alpha value is -0.810. The van der Waals surface area contributed by atoms with Gasteiger partial charge in [-0.25, -0.2) is 0 Å². The predicted molar refractivity (Wildman–Crippen MR) is 82.9 cm³/mol. The summed E-state index contributed by atoms with van der Waals surface area (Å²) in [6.07, 6.45) is 2.38. The molecule has 0 rings (SSSR count). The lowest BCUT2D eigenvalue weighted by molar-refractivity contribution is -0.145. The van der Waals surface area contributed by atoms with E-state index in [9.17, 15) is 14.7 Å².